The Labute approximate surface area is 119 Å². The number of benzene rings is 1. The summed E-state index contributed by atoms with van der Waals surface area (Å²) in [5, 5.41) is 12.5. The zero-order chi connectivity index (χ0) is 14.6. The van der Waals surface area contributed by atoms with Crippen molar-refractivity contribution in [1.29, 1.82) is 5.26 Å². The largest absolute Gasteiger partial charge is 0.493 e. The van der Waals surface area contributed by atoms with E-state index in [1.165, 1.54) is 0 Å². The number of nitrogens with zero attached hydrogens (tertiary/aromatic N) is 1. The maximum absolute atomic E-state index is 9.25. The lowest BCUT2D eigenvalue weighted by Crippen LogP contribution is -2.45. The van der Waals surface area contributed by atoms with Crippen molar-refractivity contribution in [2.45, 2.75) is 38.8 Å². The number of nitrogens with one attached hydrogen (secondary N) is 1. The van der Waals surface area contributed by atoms with Crippen LogP contribution in [0.5, 0.6) is 17.2 Å². The van der Waals surface area contributed by atoms with E-state index in [2.05, 4.69) is 11.4 Å². The highest BCUT2D eigenvalue weighted by Crippen LogP contribution is 2.35. The van der Waals surface area contributed by atoms with E-state index in [0.29, 0.717) is 18.8 Å². The van der Waals surface area contributed by atoms with E-state index in [1.54, 1.807) is 0 Å². The second-order valence-corrected chi connectivity index (χ2v) is 5.36. The third kappa shape index (κ3) is 3.55. The Hall–Kier alpha value is -1.93. The van der Waals surface area contributed by atoms with E-state index in [9.17, 15) is 5.26 Å². The molecule has 0 spiro atoms. The van der Waals surface area contributed by atoms with E-state index in [0.717, 1.165) is 11.5 Å². The van der Waals surface area contributed by atoms with Crippen LogP contribution in [0.25, 0.3) is 0 Å². The van der Waals surface area contributed by atoms with Crippen LogP contribution in [0.15, 0.2) is 18.2 Å². The number of nitriles is 1. The van der Waals surface area contributed by atoms with Crippen LogP contribution in [0.4, 0.5) is 0 Å². The van der Waals surface area contributed by atoms with Gasteiger partial charge in [-0.25, -0.2) is 0 Å². The van der Waals surface area contributed by atoms with Gasteiger partial charge in [-0.2, -0.15) is 5.26 Å². The molecule has 0 amide bonds. The van der Waals surface area contributed by atoms with Gasteiger partial charge in [-0.05, 0) is 32.9 Å². The fourth-order valence-electron chi connectivity index (χ4n) is 2.14. The zero-order valence-electron chi connectivity index (χ0n) is 12.1. The first kappa shape index (κ1) is 14.5. The van der Waals surface area contributed by atoms with Crippen LogP contribution in [0.3, 0.4) is 0 Å². The highest BCUT2D eigenvalue weighted by Gasteiger charge is 2.24. The Morgan fingerprint density at radius 3 is 2.85 bits per heavy atom. The third-order valence-electron chi connectivity index (χ3n) is 3.07. The summed E-state index contributed by atoms with van der Waals surface area (Å²) < 4.78 is 16.2. The molecule has 1 N–H and O–H groups in total. The molecule has 0 bridgehead atoms. The lowest BCUT2D eigenvalue weighted by atomic mass is 9.99. The lowest BCUT2D eigenvalue weighted by molar-refractivity contribution is 0.173. The first-order chi connectivity index (χ1) is 9.52. The molecule has 1 aliphatic rings. The summed E-state index contributed by atoms with van der Waals surface area (Å²) in [4.78, 5) is 0. The molecule has 0 fully saturated rings. The van der Waals surface area contributed by atoms with Crippen molar-refractivity contribution in [2.75, 3.05) is 13.4 Å². The molecule has 0 aliphatic carbocycles. The van der Waals surface area contributed by atoms with Crippen LogP contribution in [-0.2, 0) is 0 Å². The van der Waals surface area contributed by atoms with Gasteiger partial charge < -0.3 is 14.2 Å². The SMILES string of the molecule is CC(C)NC(C)(C#N)CCOc1ccc2c(c1)OCO2. The number of hydrogen-bond acceptors (Lipinski definition) is 5. The average Bonchev–Trinajstić information content (AvgIpc) is 2.85. The molecule has 1 heterocycles. The van der Waals surface area contributed by atoms with Gasteiger partial charge in [-0.3, -0.25) is 5.32 Å². The van der Waals surface area contributed by atoms with Gasteiger partial charge in [0.1, 0.15) is 11.3 Å². The van der Waals surface area contributed by atoms with Crippen LogP contribution >= 0.6 is 0 Å². The molecular formula is C15H20N2O3. The highest BCUT2D eigenvalue weighted by molar-refractivity contribution is 5.46. The van der Waals surface area contributed by atoms with Gasteiger partial charge in [0, 0.05) is 18.5 Å². The standard InChI is InChI=1S/C15H20N2O3/c1-11(2)17-15(3,9-16)6-7-18-12-4-5-13-14(8-12)20-10-19-13/h4-5,8,11,17H,6-7,10H2,1-3H3. The van der Waals surface area contributed by atoms with Gasteiger partial charge in [0.15, 0.2) is 11.5 Å². The zero-order valence-corrected chi connectivity index (χ0v) is 12.1. The van der Waals surface area contributed by atoms with Crippen LogP contribution in [0.2, 0.25) is 0 Å². The highest BCUT2D eigenvalue weighted by atomic mass is 16.7. The Balaban J connectivity index is 1.88. The quantitative estimate of drug-likeness (QED) is 0.864. The Morgan fingerprint density at radius 2 is 2.15 bits per heavy atom. The van der Waals surface area contributed by atoms with E-state index >= 15 is 0 Å². The van der Waals surface area contributed by atoms with E-state index in [4.69, 9.17) is 14.2 Å². The summed E-state index contributed by atoms with van der Waals surface area (Å²) >= 11 is 0. The molecule has 1 aromatic carbocycles. The number of fused-ring (bicyclic) bond motifs is 1. The minimum absolute atomic E-state index is 0.254. The van der Waals surface area contributed by atoms with Gasteiger partial charge in [0.05, 0.1) is 12.7 Å². The molecule has 1 aliphatic heterocycles. The molecule has 108 valence electrons. The fraction of sp³-hybridized carbons (Fsp3) is 0.533. The average molecular weight is 276 g/mol. The minimum Gasteiger partial charge on any atom is -0.493 e. The van der Waals surface area contributed by atoms with Gasteiger partial charge >= 0.3 is 0 Å². The predicted octanol–water partition coefficient (Wildman–Crippen LogP) is 2.46. The normalized spacial score (nSPS) is 15.8. The van der Waals surface area contributed by atoms with Gasteiger partial charge in [-0.1, -0.05) is 0 Å². The van der Waals surface area contributed by atoms with Gasteiger partial charge in [0.25, 0.3) is 0 Å². The van der Waals surface area contributed by atoms with Crippen LogP contribution < -0.4 is 19.5 Å². The van der Waals surface area contributed by atoms with Crippen molar-refractivity contribution < 1.29 is 14.2 Å². The summed E-state index contributed by atoms with van der Waals surface area (Å²) in [5.74, 6) is 2.16. The van der Waals surface area contributed by atoms with Crippen LogP contribution in [-0.4, -0.2) is 25.0 Å². The first-order valence-corrected chi connectivity index (χ1v) is 6.74. The van der Waals surface area contributed by atoms with Gasteiger partial charge in [-0.15, -0.1) is 0 Å². The van der Waals surface area contributed by atoms with Crippen molar-refractivity contribution in [3.05, 3.63) is 18.2 Å². The second kappa shape index (κ2) is 6.02. The first-order valence-electron chi connectivity index (χ1n) is 6.74. The molecule has 20 heavy (non-hydrogen) atoms. The molecule has 5 heteroatoms. The molecular weight excluding hydrogens is 256 g/mol. The third-order valence-corrected chi connectivity index (χ3v) is 3.07. The molecule has 5 nitrogen and oxygen atoms in total. The molecule has 2 rings (SSSR count). The molecule has 0 radical (unpaired) electrons. The maximum atomic E-state index is 9.25. The molecule has 1 unspecified atom stereocenters. The lowest BCUT2D eigenvalue weighted by Gasteiger charge is -2.25. The van der Waals surface area contributed by atoms with Crippen molar-refractivity contribution in [2.24, 2.45) is 0 Å². The number of rotatable bonds is 6. The number of ether oxygens (including phenoxy) is 3. The molecule has 0 aromatic heterocycles. The molecule has 1 aromatic rings. The summed E-state index contributed by atoms with van der Waals surface area (Å²) in [6.07, 6.45) is 0.607. The van der Waals surface area contributed by atoms with Crippen molar-refractivity contribution in [3.8, 4) is 23.3 Å². The Bertz CT molecular complexity index is 510. The van der Waals surface area contributed by atoms with Crippen molar-refractivity contribution in [1.82, 2.24) is 5.32 Å². The predicted molar refractivity (Wildman–Crippen MR) is 75.0 cm³/mol. The van der Waals surface area contributed by atoms with Crippen molar-refractivity contribution >= 4 is 0 Å². The summed E-state index contributed by atoms with van der Waals surface area (Å²) in [6.45, 7) is 6.64. The summed E-state index contributed by atoms with van der Waals surface area (Å²) in [6, 6.07) is 8.03. The number of hydrogen-bond donors (Lipinski definition) is 1. The maximum Gasteiger partial charge on any atom is 0.231 e. The van der Waals surface area contributed by atoms with Crippen LogP contribution in [0.1, 0.15) is 27.2 Å². The van der Waals surface area contributed by atoms with E-state index < -0.39 is 5.54 Å². The molecule has 0 saturated carbocycles. The smallest absolute Gasteiger partial charge is 0.231 e. The Morgan fingerprint density at radius 1 is 1.40 bits per heavy atom. The summed E-state index contributed by atoms with van der Waals surface area (Å²) in [5.41, 5.74) is -0.579. The van der Waals surface area contributed by atoms with Crippen molar-refractivity contribution in [3.63, 3.8) is 0 Å². The monoisotopic (exact) mass is 276 g/mol. The van der Waals surface area contributed by atoms with E-state index in [-0.39, 0.29) is 12.8 Å². The molecule has 0 saturated heterocycles. The topological polar surface area (TPSA) is 63.5 Å². The van der Waals surface area contributed by atoms with Gasteiger partial charge in [0.2, 0.25) is 6.79 Å². The fourth-order valence-corrected chi connectivity index (χ4v) is 2.14. The minimum atomic E-state index is -0.579. The second-order valence-electron chi connectivity index (χ2n) is 5.36. The molecule has 1 atom stereocenters. The summed E-state index contributed by atoms with van der Waals surface area (Å²) in [7, 11) is 0. The van der Waals surface area contributed by atoms with E-state index in [1.807, 2.05) is 39.0 Å². The Kier molecular flexibility index (Phi) is 4.35. The van der Waals surface area contributed by atoms with Crippen LogP contribution in [0, 0.1) is 11.3 Å².